The summed E-state index contributed by atoms with van der Waals surface area (Å²) in [5.41, 5.74) is 1.26. The average molecular weight is 263 g/mol. The van der Waals surface area contributed by atoms with Crippen LogP contribution in [0.5, 0.6) is 5.75 Å². The first kappa shape index (κ1) is 13.9. The Kier molecular flexibility index (Phi) is 5.21. The highest BCUT2D eigenvalue weighted by Gasteiger charge is 2.22. The topological polar surface area (TPSA) is 47.6 Å². The lowest BCUT2D eigenvalue weighted by molar-refractivity contribution is -0.156. The molecule has 4 heteroatoms. The van der Waals surface area contributed by atoms with Gasteiger partial charge in [0.25, 0.3) is 0 Å². The second-order valence-electron chi connectivity index (χ2n) is 4.75. The second-order valence-corrected chi connectivity index (χ2v) is 4.75. The summed E-state index contributed by atoms with van der Waals surface area (Å²) >= 11 is 0. The van der Waals surface area contributed by atoms with Crippen LogP contribution >= 0.6 is 0 Å². The number of carbonyl (C=O) groups excluding carboxylic acids is 1. The minimum absolute atomic E-state index is 0.00572. The standard InChI is InChI=1S/C15H21NO3/c1-2-12-3-5-14(6-4-12)18-11-19-15(17)13-7-9-16-10-8-13/h3-6,13,16H,2,7-11H2,1H3. The maximum absolute atomic E-state index is 11.8. The SMILES string of the molecule is CCc1ccc(OCOC(=O)C2CCNCC2)cc1. The molecule has 1 fully saturated rings. The normalized spacial score (nSPS) is 16.1. The number of esters is 1. The van der Waals surface area contributed by atoms with Gasteiger partial charge in [-0.25, -0.2) is 0 Å². The Balaban J connectivity index is 1.71. The van der Waals surface area contributed by atoms with E-state index in [0.717, 1.165) is 38.1 Å². The molecule has 1 aliphatic heterocycles. The molecule has 0 aromatic heterocycles. The van der Waals surface area contributed by atoms with Crippen LogP contribution in [0, 0.1) is 5.92 Å². The number of piperidine rings is 1. The number of hydrogen-bond acceptors (Lipinski definition) is 4. The maximum Gasteiger partial charge on any atom is 0.311 e. The van der Waals surface area contributed by atoms with Crippen molar-refractivity contribution in [2.45, 2.75) is 26.2 Å². The predicted molar refractivity (Wildman–Crippen MR) is 73.0 cm³/mol. The molecule has 1 aliphatic rings. The average Bonchev–Trinajstić information content (AvgIpc) is 2.49. The third-order valence-corrected chi connectivity index (χ3v) is 3.43. The van der Waals surface area contributed by atoms with E-state index in [1.807, 2.05) is 24.3 Å². The molecular weight excluding hydrogens is 242 g/mol. The fourth-order valence-electron chi connectivity index (χ4n) is 2.15. The van der Waals surface area contributed by atoms with Gasteiger partial charge in [-0.15, -0.1) is 0 Å². The van der Waals surface area contributed by atoms with Crippen LogP contribution in [0.15, 0.2) is 24.3 Å². The van der Waals surface area contributed by atoms with E-state index >= 15 is 0 Å². The van der Waals surface area contributed by atoms with Crippen LogP contribution in [0.2, 0.25) is 0 Å². The van der Waals surface area contributed by atoms with Gasteiger partial charge in [0.05, 0.1) is 5.92 Å². The van der Waals surface area contributed by atoms with Crippen LogP contribution < -0.4 is 10.1 Å². The van der Waals surface area contributed by atoms with Crippen molar-refractivity contribution in [2.24, 2.45) is 5.92 Å². The van der Waals surface area contributed by atoms with Gasteiger partial charge < -0.3 is 14.8 Å². The number of ether oxygens (including phenoxy) is 2. The van der Waals surface area contributed by atoms with Gasteiger partial charge in [-0.2, -0.15) is 0 Å². The number of aryl methyl sites for hydroxylation is 1. The summed E-state index contributed by atoms with van der Waals surface area (Å²) in [6.07, 6.45) is 2.71. The van der Waals surface area contributed by atoms with Gasteiger partial charge in [0, 0.05) is 0 Å². The van der Waals surface area contributed by atoms with Gasteiger partial charge >= 0.3 is 5.97 Å². The molecule has 2 rings (SSSR count). The van der Waals surface area contributed by atoms with Crippen molar-refractivity contribution in [1.82, 2.24) is 5.32 Å². The van der Waals surface area contributed by atoms with Crippen LogP contribution in [0.4, 0.5) is 0 Å². The third-order valence-electron chi connectivity index (χ3n) is 3.43. The molecule has 4 nitrogen and oxygen atoms in total. The minimum Gasteiger partial charge on any atom is -0.457 e. The highest BCUT2D eigenvalue weighted by molar-refractivity contribution is 5.72. The van der Waals surface area contributed by atoms with Crippen molar-refractivity contribution in [3.63, 3.8) is 0 Å². The molecule has 0 atom stereocenters. The zero-order valence-electron chi connectivity index (χ0n) is 11.4. The quantitative estimate of drug-likeness (QED) is 0.653. The molecule has 1 aromatic carbocycles. The Labute approximate surface area is 114 Å². The molecule has 0 spiro atoms. The van der Waals surface area contributed by atoms with Gasteiger partial charge in [-0.05, 0) is 50.0 Å². The second kappa shape index (κ2) is 7.14. The molecule has 1 heterocycles. The molecule has 0 aliphatic carbocycles. The molecule has 1 aromatic rings. The van der Waals surface area contributed by atoms with Crippen LogP contribution in [0.25, 0.3) is 0 Å². The summed E-state index contributed by atoms with van der Waals surface area (Å²) in [6, 6.07) is 7.84. The largest absolute Gasteiger partial charge is 0.457 e. The summed E-state index contributed by atoms with van der Waals surface area (Å²) in [5, 5.41) is 3.22. The van der Waals surface area contributed by atoms with E-state index in [0.29, 0.717) is 0 Å². The van der Waals surface area contributed by atoms with Gasteiger partial charge in [0.15, 0.2) is 0 Å². The summed E-state index contributed by atoms with van der Waals surface area (Å²) in [7, 11) is 0. The van der Waals surface area contributed by atoms with E-state index in [-0.39, 0.29) is 18.7 Å². The highest BCUT2D eigenvalue weighted by atomic mass is 16.7. The lowest BCUT2D eigenvalue weighted by Gasteiger charge is -2.20. The summed E-state index contributed by atoms with van der Waals surface area (Å²) in [6.45, 7) is 3.88. The molecule has 0 bridgehead atoms. The predicted octanol–water partition coefficient (Wildman–Crippen LogP) is 2.13. The summed E-state index contributed by atoms with van der Waals surface area (Å²) in [5.74, 6) is 0.606. The van der Waals surface area contributed by atoms with Gasteiger partial charge in [-0.1, -0.05) is 19.1 Å². The van der Waals surface area contributed by atoms with E-state index in [1.165, 1.54) is 5.56 Å². The minimum atomic E-state index is -0.147. The molecule has 0 radical (unpaired) electrons. The first-order valence-electron chi connectivity index (χ1n) is 6.88. The number of hydrogen-bond donors (Lipinski definition) is 1. The molecule has 0 saturated carbocycles. The lowest BCUT2D eigenvalue weighted by atomic mass is 9.99. The van der Waals surface area contributed by atoms with Gasteiger partial charge in [0.2, 0.25) is 6.79 Å². The zero-order chi connectivity index (χ0) is 13.5. The molecular formula is C15H21NO3. The van der Waals surface area contributed by atoms with E-state index in [1.54, 1.807) is 0 Å². The molecule has 0 unspecified atom stereocenters. The van der Waals surface area contributed by atoms with Crippen LogP contribution in [-0.2, 0) is 16.0 Å². The van der Waals surface area contributed by atoms with Gasteiger partial charge in [-0.3, -0.25) is 4.79 Å². The van der Waals surface area contributed by atoms with Crippen LogP contribution in [-0.4, -0.2) is 25.9 Å². The zero-order valence-corrected chi connectivity index (χ0v) is 11.4. The maximum atomic E-state index is 11.8. The van der Waals surface area contributed by atoms with Crippen molar-refractivity contribution in [2.75, 3.05) is 19.9 Å². The van der Waals surface area contributed by atoms with E-state index in [9.17, 15) is 4.79 Å². The van der Waals surface area contributed by atoms with Crippen LogP contribution in [0.1, 0.15) is 25.3 Å². The van der Waals surface area contributed by atoms with E-state index < -0.39 is 0 Å². The summed E-state index contributed by atoms with van der Waals surface area (Å²) in [4.78, 5) is 11.8. The van der Waals surface area contributed by atoms with Gasteiger partial charge in [0.1, 0.15) is 5.75 Å². The van der Waals surface area contributed by atoms with E-state index in [4.69, 9.17) is 9.47 Å². The monoisotopic (exact) mass is 263 g/mol. The fraction of sp³-hybridized carbons (Fsp3) is 0.533. The van der Waals surface area contributed by atoms with E-state index in [2.05, 4.69) is 12.2 Å². The Morgan fingerprint density at radius 2 is 1.95 bits per heavy atom. The van der Waals surface area contributed by atoms with Crippen molar-refractivity contribution in [3.05, 3.63) is 29.8 Å². The fourth-order valence-corrected chi connectivity index (χ4v) is 2.15. The Hall–Kier alpha value is -1.55. The Bertz CT molecular complexity index is 396. The van der Waals surface area contributed by atoms with Crippen LogP contribution in [0.3, 0.4) is 0 Å². The van der Waals surface area contributed by atoms with Crippen molar-refractivity contribution in [3.8, 4) is 5.75 Å². The number of benzene rings is 1. The van der Waals surface area contributed by atoms with Crippen molar-refractivity contribution in [1.29, 1.82) is 0 Å². The lowest BCUT2D eigenvalue weighted by Crippen LogP contribution is -2.33. The first-order chi connectivity index (χ1) is 9.29. The van der Waals surface area contributed by atoms with Crippen molar-refractivity contribution >= 4 is 5.97 Å². The summed E-state index contributed by atoms with van der Waals surface area (Å²) < 4.78 is 10.6. The number of carbonyl (C=O) groups is 1. The number of rotatable bonds is 5. The molecule has 19 heavy (non-hydrogen) atoms. The third kappa shape index (κ3) is 4.24. The molecule has 1 saturated heterocycles. The molecule has 104 valence electrons. The highest BCUT2D eigenvalue weighted by Crippen LogP contribution is 2.15. The smallest absolute Gasteiger partial charge is 0.311 e. The number of nitrogens with one attached hydrogen (secondary N) is 1. The Morgan fingerprint density at radius 1 is 1.26 bits per heavy atom. The molecule has 1 N–H and O–H groups in total. The first-order valence-corrected chi connectivity index (χ1v) is 6.88. The van der Waals surface area contributed by atoms with Crippen molar-refractivity contribution < 1.29 is 14.3 Å². The molecule has 0 amide bonds. The Morgan fingerprint density at radius 3 is 2.58 bits per heavy atom.